The van der Waals surface area contributed by atoms with Crippen LogP contribution in [0.3, 0.4) is 0 Å². The van der Waals surface area contributed by atoms with Gasteiger partial charge in [0.2, 0.25) is 10.0 Å². The van der Waals surface area contributed by atoms with Gasteiger partial charge in [0.25, 0.3) is 0 Å². The van der Waals surface area contributed by atoms with Crippen LogP contribution < -0.4 is 5.73 Å². The molecule has 1 atom stereocenters. The Hall–Kier alpha value is -0.130. The molecule has 1 unspecified atom stereocenters. The normalized spacial score (nSPS) is 21.7. The molecule has 2 N–H and O–H groups in total. The lowest BCUT2D eigenvalue weighted by Gasteiger charge is -2.33. The van der Waals surface area contributed by atoms with E-state index in [1.807, 2.05) is 20.8 Å². The smallest absolute Gasteiger partial charge is 0.215 e. The third kappa shape index (κ3) is 2.68. The fourth-order valence-corrected chi connectivity index (χ4v) is 3.13. The highest BCUT2D eigenvalue weighted by atomic mass is 32.2. The molecule has 0 spiro atoms. The summed E-state index contributed by atoms with van der Waals surface area (Å²) in [4.78, 5) is 0. The van der Waals surface area contributed by atoms with Crippen LogP contribution in [0.15, 0.2) is 0 Å². The van der Waals surface area contributed by atoms with Gasteiger partial charge in [-0.1, -0.05) is 20.8 Å². The van der Waals surface area contributed by atoms with E-state index in [0.717, 1.165) is 6.42 Å². The summed E-state index contributed by atoms with van der Waals surface area (Å²) in [6.07, 6.45) is 0.976. The van der Waals surface area contributed by atoms with Gasteiger partial charge < -0.3 is 5.73 Å². The van der Waals surface area contributed by atoms with Gasteiger partial charge in [0, 0.05) is 19.1 Å². The summed E-state index contributed by atoms with van der Waals surface area (Å²) in [7, 11) is -3.10. The SMILES string of the molecule is CC(C)(C)C(N)CS(=O)(=O)N1CCC1. The molecule has 1 heterocycles. The second-order valence-corrected chi connectivity index (χ2v) is 7.02. The van der Waals surface area contributed by atoms with Gasteiger partial charge in [-0.25, -0.2) is 12.7 Å². The van der Waals surface area contributed by atoms with Crippen LogP contribution in [-0.4, -0.2) is 37.6 Å². The Kier molecular flexibility index (Phi) is 3.23. The molecule has 1 saturated heterocycles. The van der Waals surface area contributed by atoms with Crippen molar-refractivity contribution in [2.24, 2.45) is 11.1 Å². The van der Waals surface area contributed by atoms with E-state index in [1.165, 1.54) is 4.31 Å². The Morgan fingerprint density at radius 1 is 1.36 bits per heavy atom. The van der Waals surface area contributed by atoms with Gasteiger partial charge in [-0.2, -0.15) is 0 Å². The third-order valence-corrected chi connectivity index (χ3v) is 4.64. The molecule has 1 aliphatic rings. The summed E-state index contributed by atoms with van der Waals surface area (Å²) < 4.78 is 24.9. The molecule has 4 nitrogen and oxygen atoms in total. The first-order chi connectivity index (χ1) is 6.23. The van der Waals surface area contributed by atoms with Crippen LogP contribution >= 0.6 is 0 Å². The Morgan fingerprint density at radius 3 is 2.14 bits per heavy atom. The predicted molar refractivity (Wildman–Crippen MR) is 57.4 cm³/mol. The van der Waals surface area contributed by atoms with E-state index in [9.17, 15) is 8.42 Å². The van der Waals surface area contributed by atoms with Crippen LogP contribution in [0.5, 0.6) is 0 Å². The van der Waals surface area contributed by atoms with Crippen molar-refractivity contribution < 1.29 is 8.42 Å². The second kappa shape index (κ2) is 3.79. The minimum atomic E-state index is -3.10. The van der Waals surface area contributed by atoms with E-state index in [1.54, 1.807) is 0 Å². The largest absolute Gasteiger partial charge is 0.326 e. The first-order valence-corrected chi connectivity index (χ1v) is 6.58. The summed E-state index contributed by atoms with van der Waals surface area (Å²) in [5.41, 5.74) is 5.69. The molecule has 0 aromatic carbocycles. The third-order valence-electron chi connectivity index (χ3n) is 2.71. The molecule has 0 amide bonds. The van der Waals surface area contributed by atoms with E-state index in [2.05, 4.69) is 0 Å². The molecule has 14 heavy (non-hydrogen) atoms. The van der Waals surface area contributed by atoms with Crippen molar-refractivity contribution >= 4 is 10.0 Å². The summed E-state index contributed by atoms with van der Waals surface area (Å²) in [5, 5.41) is 0. The topological polar surface area (TPSA) is 63.4 Å². The predicted octanol–water partition coefficient (Wildman–Crippen LogP) is 0.395. The summed E-state index contributed by atoms with van der Waals surface area (Å²) in [6, 6.07) is -0.298. The van der Waals surface area contributed by atoms with Gasteiger partial charge in [-0.05, 0) is 11.8 Å². The van der Waals surface area contributed by atoms with E-state index < -0.39 is 10.0 Å². The van der Waals surface area contributed by atoms with Crippen LogP contribution in [0.25, 0.3) is 0 Å². The average Bonchev–Trinajstić information content (AvgIpc) is 1.76. The highest BCUT2D eigenvalue weighted by Crippen LogP contribution is 2.21. The van der Waals surface area contributed by atoms with Crippen LogP contribution in [0.2, 0.25) is 0 Å². The average molecular weight is 220 g/mol. The van der Waals surface area contributed by atoms with Crippen LogP contribution in [0.4, 0.5) is 0 Å². The quantitative estimate of drug-likeness (QED) is 0.748. The Bertz CT molecular complexity index is 288. The van der Waals surface area contributed by atoms with Crippen molar-refractivity contribution in [1.82, 2.24) is 4.31 Å². The molecule has 0 saturated carbocycles. The molecule has 84 valence electrons. The van der Waals surface area contributed by atoms with Crippen molar-refractivity contribution in [2.75, 3.05) is 18.8 Å². The van der Waals surface area contributed by atoms with E-state index in [-0.39, 0.29) is 17.2 Å². The molecule has 0 radical (unpaired) electrons. The number of sulfonamides is 1. The molecule has 0 bridgehead atoms. The lowest BCUT2D eigenvalue weighted by atomic mass is 9.89. The standard InChI is InChI=1S/C9H20N2O2S/c1-9(2,3)8(10)7-14(12,13)11-5-4-6-11/h8H,4-7,10H2,1-3H3. The molecule has 0 aromatic heterocycles. The first-order valence-electron chi connectivity index (χ1n) is 4.97. The lowest BCUT2D eigenvalue weighted by molar-refractivity contribution is 0.296. The maximum absolute atomic E-state index is 11.7. The molecule has 0 aromatic rings. The highest BCUT2D eigenvalue weighted by Gasteiger charge is 2.32. The first kappa shape index (κ1) is 11.9. The van der Waals surface area contributed by atoms with E-state index in [0.29, 0.717) is 13.1 Å². The van der Waals surface area contributed by atoms with Crippen molar-refractivity contribution in [3.05, 3.63) is 0 Å². The Morgan fingerprint density at radius 2 is 1.86 bits per heavy atom. The number of hydrogen-bond acceptors (Lipinski definition) is 3. The molecular weight excluding hydrogens is 200 g/mol. The summed E-state index contributed by atoms with van der Waals surface area (Å²) in [6.45, 7) is 7.22. The van der Waals surface area contributed by atoms with E-state index >= 15 is 0 Å². The van der Waals surface area contributed by atoms with Gasteiger partial charge in [-0.3, -0.25) is 0 Å². The summed E-state index contributed by atoms with van der Waals surface area (Å²) >= 11 is 0. The van der Waals surface area contributed by atoms with Crippen LogP contribution in [-0.2, 0) is 10.0 Å². The summed E-state index contributed by atoms with van der Waals surface area (Å²) in [5.74, 6) is 0.0660. The van der Waals surface area contributed by atoms with Gasteiger partial charge in [-0.15, -0.1) is 0 Å². The fourth-order valence-electron chi connectivity index (χ4n) is 1.15. The van der Waals surface area contributed by atoms with Crippen LogP contribution in [0.1, 0.15) is 27.2 Å². The van der Waals surface area contributed by atoms with Crippen molar-refractivity contribution in [3.8, 4) is 0 Å². The van der Waals surface area contributed by atoms with Gasteiger partial charge >= 0.3 is 0 Å². The Labute approximate surface area is 86.5 Å². The minimum absolute atomic E-state index is 0.0660. The zero-order valence-electron chi connectivity index (χ0n) is 9.16. The molecular formula is C9H20N2O2S. The second-order valence-electron chi connectivity index (χ2n) is 5.00. The van der Waals surface area contributed by atoms with Gasteiger partial charge in [0.1, 0.15) is 0 Å². The number of hydrogen-bond donors (Lipinski definition) is 1. The fraction of sp³-hybridized carbons (Fsp3) is 1.00. The van der Waals surface area contributed by atoms with Crippen LogP contribution in [0, 0.1) is 5.41 Å². The lowest BCUT2D eigenvalue weighted by Crippen LogP contribution is -2.49. The maximum Gasteiger partial charge on any atom is 0.215 e. The van der Waals surface area contributed by atoms with Crippen molar-refractivity contribution in [2.45, 2.75) is 33.2 Å². The van der Waals surface area contributed by atoms with E-state index in [4.69, 9.17) is 5.73 Å². The minimum Gasteiger partial charge on any atom is -0.326 e. The maximum atomic E-state index is 11.7. The van der Waals surface area contributed by atoms with Crippen molar-refractivity contribution in [3.63, 3.8) is 0 Å². The molecule has 1 rings (SSSR count). The van der Waals surface area contributed by atoms with Crippen molar-refractivity contribution in [1.29, 1.82) is 0 Å². The van der Waals surface area contributed by atoms with Gasteiger partial charge in [0.05, 0.1) is 5.75 Å². The molecule has 1 fully saturated rings. The molecule has 5 heteroatoms. The number of nitrogens with zero attached hydrogens (tertiary/aromatic N) is 1. The van der Waals surface area contributed by atoms with Gasteiger partial charge in [0.15, 0.2) is 0 Å². The molecule has 0 aliphatic carbocycles. The zero-order valence-corrected chi connectivity index (χ0v) is 9.97. The Balaban J connectivity index is 2.59. The highest BCUT2D eigenvalue weighted by molar-refractivity contribution is 7.89. The number of nitrogens with two attached hydrogens (primary N) is 1. The monoisotopic (exact) mass is 220 g/mol. The zero-order chi connectivity index (χ0) is 11.0. The molecule has 1 aliphatic heterocycles. The number of rotatable bonds is 3.